The van der Waals surface area contributed by atoms with Gasteiger partial charge in [0.1, 0.15) is 0 Å². The van der Waals surface area contributed by atoms with Gasteiger partial charge in [-0.3, -0.25) is 30.3 Å². The van der Waals surface area contributed by atoms with Crippen LogP contribution in [-0.2, 0) is 0 Å². The Kier molecular flexibility index (Phi) is 4.95. The standard InChI is InChI=1S/C6H2N3O6.Na/c10-7(11)4-1-5(8(12)13)3-6(2-4)9(14)15;/h1-2H;/q-1;+1. The maximum Gasteiger partial charge on any atom is 1.00 e. The van der Waals surface area contributed by atoms with E-state index in [0.29, 0.717) is 12.1 Å². The fraction of sp³-hybridized carbons (Fsp3) is 0. The van der Waals surface area contributed by atoms with Crippen molar-refractivity contribution in [3.05, 3.63) is 48.5 Å². The van der Waals surface area contributed by atoms with E-state index in [1.54, 1.807) is 0 Å². The third kappa shape index (κ3) is 3.22. The number of non-ortho nitro benzene ring substituents is 3. The van der Waals surface area contributed by atoms with E-state index in [4.69, 9.17) is 0 Å². The average molecular weight is 235 g/mol. The second-order valence-corrected chi connectivity index (χ2v) is 2.38. The molecule has 1 aromatic carbocycles. The van der Waals surface area contributed by atoms with E-state index in [2.05, 4.69) is 0 Å². The normalized spacial score (nSPS) is 9.00. The van der Waals surface area contributed by atoms with E-state index in [0.717, 1.165) is 0 Å². The van der Waals surface area contributed by atoms with Crippen LogP contribution in [0.25, 0.3) is 0 Å². The Morgan fingerprint density at radius 3 is 1.50 bits per heavy atom. The summed E-state index contributed by atoms with van der Waals surface area (Å²) in [5, 5.41) is 30.9. The van der Waals surface area contributed by atoms with Gasteiger partial charge < -0.3 is 0 Å². The summed E-state index contributed by atoms with van der Waals surface area (Å²) in [6, 6.07) is 3.04. The van der Waals surface area contributed by atoms with Crippen molar-refractivity contribution in [2.75, 3.05) is 0 Å². The number of hydrogen-bond acceptors (Lipinski definition) is 6. The number of rotatable bonds is 3. The molecule has 0 N–H and O–H groups in total. The van der Waals surface area contributed by atoms with Crippen LogP contribution in [0, 0.1) is 36.4 Å². The number of nitrogens with zero attached hydrogens (tertiary/aromatic N) is 3. The third-order valence-corrected chi connectivity index (χ3v) is 1.43. The molecule has 0 unspecified atom stereocenters. The van der Waals surface area contributed by atoms with Crippen molar-refractivity contribution in [1.29, 1.82) is 0 Å². The zero-order chi connectivity index (χ0) is 11.6. The molecule has 0 aliphatic carbocycles. The van der Waals surface area contributed by atoms with Gasteiger partial charge in [-0.15, -0.1) is 0 Å². The molecule has 0 bridgehead atoms. The van der Waals surface area contributed by atoms with Gasteiger partial charge >= 0.3 is 29.6 Å². The molecule has 0 aliphatic rings. The summed E-state index contributed by atoms with van der Waals surface area (Å²) in [5.41, 5.74) is -2.33. The first-order valence-corrected chi connectivity index (χ1v) is 3.42. The molecule has 9 nitrogen and oxygen atoms in total. The molecular formula is C6H2N3NaO6. The van der Waals surface area contributed by atoms with Crippen LogP contribution in [-0.4, -0.2) is 14.8 Å². The van der Waals surface area contributed by atoms with Crippen LogP contribution in [0.4, 0.5) is 17.1 Å². The fourth-order valence-corrected chi connectivity index (χ4v) is 0.827. The molecule has 0 spiro atoms. The van der Waals surface area contributed by atoms with Crippen LogP contribution in [0.5, 0.6) is 0 Å². The number of nitro benzene ring substituents is 3. The molecule has 10 heteroatoms. The van der Waals surface area contributed by atoms with Gasteiger partial charge in [0, 0.05) is 14.8 Å². The van der Waals surface area contributed by atoms with E-state index in [1.807, 2.05) is 6.07 Å². The minimum atomic E-state index is -0.986. The number of hydrogen-bond donors (Lipinski definition) is 0. The zero-order valence-corrected chi connectivity index (χ0v) is 9.95. The third-order valence-electron chi connectivity index (χ3n) is 1.43. The largest absolute Gasteiger partial charge is 1.00 e. The summed E-state index contributed by atoms with van der Waals surface area (Å²) in [4.78, 5) is 27.9. The summed E-state index contributed by atoms with van der Waals surface area (Å²) < 4.78 is 0. The molecule has 0 heterocycles. The van der Waals surface area contributed by atoms with Gasteiger partial charge in [0.2, 0.25) is 0 Å². The fourth-order valence-electron chi connectivity index (χ4n) is 0.827. The molecule has 0 saturated carbocycles. The SMILES string of the molecule is O=[N+]([O-])c1[c-]c([N+](=O)[O-])cc([N+](=O)[O-])c1.[Na+]. The van der Waals surface area contributed by atoms with Gasteiger partial charge in [0.25, 0.3) is 0 Å². The smallest absolute Gasteiger partial charge is 0.260 e. The van der Waals surface area contributed by atoms with Crippen molar-refractivity contribution in [2.45, 2.75) is 0 Å². The Balaban J connectivity index is 0.00000225. The molecule has 1 aromatic rings. The van der Waals surface area contributed by atoms with Gasteiger partial charge in [-0.05, 0) is 18.2 Å². The molecule has 0 aliphatic heterocycles. The van der Waals surface area contributed by atoms with Gasteiger partial charge in [0.15, 0.2) is 17.1 Å². The van der Waals surface area contributed by atoms with Crippen LogP contribution < -0.4 is 29.6 Å². The maximum atomic E-state index is 10.3. The van der Waals surface area contributed by atoms with E-state index >= 15 is 0 Å². The van der Waals surface area contributed by atoms with Crippen molar-refractivity contribution in [1.82, 2.24) is 0 Å². The van der Waals surface area contributed by atoms with Crippen molar-refractivity contribution < 1.29 is 44.3 Å². The first kappa shape index (κ1) is 14.4. The summed E-state index contributed by atoms with van der Waals surface area (Å²) in [5.74, 6) is 0. The summed E-state index contributed by atoms with van der Waals surface area (Å²) in [7, 11) is 0. The van der Waals surface area contributed by atoms with Gasteiger partial charge in [-0.1, -0.05) is 0 Å². The van der Waals surface area contributed by atoms with Crippen LogP contribution in [0.2, 0.25) is 0 Å². The average Bonchev–Trinajstić information content (AvgIpc) is 2.16. The number of benzene rings is 1. The Hall–Kier alpha value is -1.58. The van der Waals surface area contributed by atoms with Crippen LogP contribution in [0.15, 0.2) is 12.1 Å². The molecule has 0 saturated heterocycles. The zero-order valence-electron chi connectivity index (χ0n) is 7.95. The minimum Gasteiger partial charge on any atom is -0.260 e. The van der Waals surface area contributed by atoms with Crippen LogP contribution in [0.3, 0.4) is 0 Å². The van der Waals surface area contributed by atoms with Gasteiger partial charge in [-0.2, -0.15) is 0 Å². The van der Waals surface area contributed by atoms with E-state index in [-0.39, 0.29) is 29.6 Å². The monoisotopic (exact) mass is 235 g/mol. The summed E-state index contributed by atoms with van der Waals surface area (Å²) in [6.07, 6.45) is 0. The Labute approximate surface area is 110 Å². The minimum absolute atomic E-state index is 0. The predicted molar refractivity (Wildman–Crippen MR) is 45.2 cm³/mol. The van der Waals surface area contributed by atoms with Gasteiger partial charge in [0.05, 0.1) is 0 Å². The second kappa shape index (κ2) is 5.49. The molecule has 0 atom stereocenters. The Morgan fingerprint density at radius 1 is 0.875 bits per heavy atom. The van der Waals surface area contributed by atoms with Crippen molar-refractivity contribution in [3.8, 4) is 0 Å². The first-order valence-electron chi connectivity index (χ1n) is 3.42. The molecule has 16 heavy (non-hydrogen) atoms. The summed E-state index contributed by atoms with van der Waals surface area (Å²) >= 11 is 0. The van der Waals surface area contributed by atoms with E-state index in [9.17, 15) is 30.3 Å². The molecular weight excluding hydrogens is 233 g/mol. The Bertz CT molecular complexity index is 383. The van der Waals surface area contributed by atoms with Crippen molar-refractivity contribution >= 4 is 17.1 Å². The van der Waals surface area contributed by atoms with Crippen LogP contribution in [0.1, 0.15) is 0 Å². The topological polar surface area (TPSA) is 129 Å². The number of nitro groups is 3. The quantitative estimate of drug-likeness (QED) is 0.263. The maximum absolute atomic E-state index is 10.3. The first-order chi connectivity index (χ1) is 6.91. The van der Waals surface area contributed by atoms with Crippen LogP contribution >= 0.6 is 0 Å². The molecule has 1 rings (SSSR count). The molecule has 0 radical (unpaired) electrons. The predicted octanol–water partition coefficient (Wildman–Crippen LogP) is -1.78. The summed E-state index contributed by atoms with van der Waals surface area (Å²) in [6.45, 7) is 0. The van der Waals surface area contributed by atoms with Crippen molar-refractivity contribution in [2.24, 2.45) is 0 Å². The molecule has 0 aromatic heterocycles. The molecule has 0 fully saturated rings. The van der Waals surface area contributed by atoms with E-state index < -0.39 is 31.8 Å². The molecule has 0 amide bonds. The van der Waals surface area contributed by atoms with Crippen molar-refractivity contribution in [3.63, 3.8) is 0 Å². The second-order valence-electron chi connectivity index (χ2n) is 2.38. The Morgan fingerprint density at radius 2 is 1.25 bits per heavy atom. The molecule has 78 valence electrons. The van der Waals surface area contributed by atoms with Gasteiger partial charge in [-0.25, -0.2) is 0 Å². The van der Waals surface area contributed by atoms with E-state index in [1.165, 1.54) is 0 Å².